The van der Waals surface area contributed by atoms with Crippen LogP contribution in [0.2, 0.25) is 0 Å². The molecule has 150 valence electrons. The van der Waals surface area contributed by atoms with Gasteiger partial charge in [0.15, 0.2) is 11.5 Å². The van der Waals surface area contributed by atoms with Crippen molar-refractivity contribution in [3.05, 3.63) is 36.4 Å². The third kappa shape index (κ3) is 4.60. The smallest absolute Gasteiger partial charge is 0.323 e. The van der Waals surface area contributed by atoms with Gasteiger partial charge in [-0.15, -0.1) is 0 Å². The first-order chi connectivity index (χ1) is 13.6. The molecule has 2 aromatic carbocycles. The third-order valence-electron chi connectivity index (χ3n) is 4.77. The fraction of sp³-hybridized carbons (Fsp3) is 0.381. The van der Waals surface area contributed by atoms with Crippen LogP contribution in [0.4, 0.5) is 21.9 Å². The van der Waals surface area contributed by atoms with Crippen LogP contribution in [0, 0.1) is 0 Å². The van der Waals surface area contributed by atoms with Crippen LogP contribution < -0.4 is 29.7 Å². The largest absolute Gasteiger partial charge is 0.493 e. The van der Waals surface area contributed by atoms with Crippen molar-refractivity contribution in [3.8, 4) is 17.2 Å². The lowest BCUT2D eigenvalue weighted by Crippen LogP contribution is -2.29. The summed E-state index contributed by atoms with van der Waals surface area (Å²) >= 11 is 0. The molecule has 1 fully saturated rings. The summed E-state index contributed by atoms with van der Waals surface area (Å²) in [6.07, 6.45) is 3.77. The number of benzene rings is 2. The average molecular weight is 385 g/mol. The predicted octanol–water partition coefficient (Wildman–Crippen LogP) is 4.35. The molecule has 0 atom stereocenters. The zero-order chi connectivity index (χ0) is 19.9. The number of methoxy groups -OCH3 is 3. The molecule has 0 unspecified atom stereocenters. The molecule has 1 aliphatic heterocycles. The van der Waals surface area contributed by atoms with E-state index in [4.69, 9.17) is 14.2 Å². The third-order valence-corrected chi connectivity index (χ3v) is 4.77. The van der Waals surface area contributed by atoms with Gasteiger partial charge in [0, 0.05) is 36.6 Å². The van der Waals surface area contributed by atoms with E-state index in [0.29, 0.717) is 22.9 Å². The van der Waals surface area contributed by atoms with Crippen molar-refractivity contribution >= 4 is 23.1 Å². The van der Waals surface area contributed by atoms with Gasteiger partial charge < -0.3 is 29.7 Å². The van der Waals surface area contributed by atoms with Gasteiger partial charge in [-0.25, -0.2) is 4.79 Å². The number of amides is 2. The van der Waals surface area contributed by atoms with Crippen molar-refractivity contribution in [1.82, 2.24) is 0 Å². The number of carbonyl (C=O) groups is 1. The number of carbonyl (C=O) groups excluding carboxylic acids is 1. The van der Waals surface area contributed by atoms with Gasteiger partial charge in [0.2, 0.25) is 5.75 Å². The number of ether oxygens (including phenoxy) is 3. The topological polar surface area (TPSA) is 72.1 Å². The molecule has 0 bridgehead atoms. The van der Waals surface area contributed by atoms with Crippen LogP contribution in [0.5, 0.6) is 17.2 Å². The van der Waals surface area contributed by atoms with Crippen molar-refractivity contribution in [2.75, 3.05) is 50.0 Å². The Balaban J connectivity index is 1.65. The number of anilines is 3. The number of hydrogen-bond acceptors (Lipinski definition) is 5. The minimum Gasteiger partial charge on any atom is -0.493 e. The minimum atomic E-state index is -0.347. The molecule has 0 radical (unpaired) electrons. The number of urea groups is 1. The van der Waals surface area contributed by atoms with E-state index in [-0.39, 0.29) is 6.03 Å². The molecule has 1 saturated heterocycles. The standard InChI is InChI=1S/C21H27N3O4/c1-26-18-13-16(14-19(27-2)20(18)28-3)23-21(25)22-15-7-9-17(10-8-15)24-11-5-4-6-12-24/h7-10,13-14H,4-6,11-12H2,1-3H3,(H2,22,23,25). The molecular formula is C21H27N3O4. The number of piperidine rings is 1. The molecule has 0 aromatic heterocycles. The Morgan fingerprint density at radius 3 is 1.93 bits per heavy atom. The van der Waals surface area contributed by atoms with Crippen LogP contribution in [0.3, 0.4) is 0 Å². The van der Waals surface area contributed by atoms with Gasteiger partial charge in [0.25, 0.3) is 0 Å². The summed E-state index contributed by atoms with van der Waals surface area (Å²) in [7, 11) is 4.60. The van der Waals surface area contributed by atoms with E-state index in [1.54, 1.807) is 12.1 Å². The second-order valence-electron chi connectivity index (χ2n) is 6.59. The summed E-state index contributed by atoms with van der Waals surface area (Å²) in [5.41, 5.74) is 2.46. The zero-order valence-corrected chi connectivity index (χ0v) is 16.6. The first-order valence-corrected chi connectivity index (χ1v) is 9.37. The monoisotopic (exact) mass is 385 g/mol. The van der Waals surface area contributed by atoms with Crippen LogP contribution in [0.25, 0.3) is 0 Å². The van der Waals surface area contributed by atoms with E-state index in [1.807, 2.05) is 24.3 Å². The lowest BCUT2D eigenvalue weighted by Gasteiger charge is -2.28. The van der Waals surface area contributed by atoms with Gasteiger partial charge in [0.1, 0.15) is 0 Å². The number of nitrogens with one attached hydrogen (secondary N) is 2. The van der Waals surface area contributed by atoms with Crippen molar-refractivity contribution in [1.29, 1.82) is 0 Å². The highest BCUT2D eigenvalue weighted by atomic mass is 16.5. The van der Waals surface area contributed by atoms with Crippen molar-refractivity contribution in [2.24, 2.45) is 0 Å². The van der Waals surface area contributed by atoms with Crippen LogP contribution in [0.1, 0.15) is 19.3 Å². The molecule has 7 nitrogen and oxygen atoms in total. The summed E-state index contributed by atoms with van der Waals surface area (Å²) in [5, 5.41) is 5.64. The van der Waals surface area contributed by atoms with Gasteiger partial charge in [-0.1, -0.05) is 0 Å². The van der Waals surface area contributed by atoms with Crippen molar-refractivity contribution in [2.45, 2.75) is 19.3 Å². The molecule has 1 heterocycles. The first-order valence-electron chi connectivity index (χ1n) is 9.37. The molecule has 0 saturated carbocycles. The summed E-state index contributed by atoms with van der Waals surface area (Å²) in [4.78, 5) is 14.8. The molecule has 3 rings (SSSR count). The Morgan fingerprint density at radius 2 is 1.39 bits per heavy atom. The van der Waals surface area contributed by atoms with Crippen LogP contribution in [-0.2, 0) is 0 Å². The normalized spacial score (nSPS) is 13.6. The van der Waals surface area contributed by atoms with Gasteiger partial charge in [-0.2, -0.15) is 0 Å². The maximum atomic E-state index is 12.4. The Hall–Kier alpha value is -3.09. The second-order valence-corrected chi connectivity index (χ2v) is 6.59. The summed E-state index contributed by atoms with van der Waals surface area (Å²) in [6.45, 7) is 2.18. The highest BCUT2D eigenvalue weighted by Crippen LogP contribution is 2.39. The van der Waals surface area contributed by atoms with Crippen LogP contribution >= 0.6 is 0 Å². The Kier molecular flexibility index (Phi) is 6.47. The molecule has 0 spiro atoms. The molecule has 7 heteroatoms. The van der Waals surface area contributed by atoms with Crippen molar-refractivity contribution < 1.29 is 19.0 Å². The predicted molar refractivity (Wildman–Crippen MR) is 111 cm³/mol. The second kappa shape index (κ2) is 9.21. The molecule has 1 aliphatic rings. The SMILES string of the molecule is COc1cc(NC(=O)Nc2ccc(N3CCCCC3)cc2)cc(OC)c1OC. The zero-order valence-electron chi connectivity index (χ0n) is 16.6. The number of hydrogen-bond donors (Lipinski definition) is 2. The fourth-order valence-corrected chi connectivity index (χ4v) is 3.35. The Morgan fingerprint density at radius 1 is 0.821 bits per heavy atom. The van der Waals surface area contributed by atoms with Crippen molar-refractivity contribution in [3.63, 3.8) is 0 Å². The van der Waals surface area contributed by atoms with E-state index in [9.17, 15) is 4.79 Å². The number of nitrogens with zero attached hydrogens (tertiary/aromatic N) is 1. The highest BCUT2D eigenvalue weighted by molar-refractivity contribution is 6.00. The fourth-order valence-electron chi connectivity index (χ4n) is 3.35. The van der Waals surface area contributed by atoms with Gasteiger partial charge >= 0.3 is 6.03 Å². The van der Waals surface area contributed by atoms with E-state index in [2.05, 4.69) is 15.5 Å². The Labute approximate surface area is 165 Å². The quantitative estimate of drug-likeness (QED) is 0.774. The maximum Gasteiger partial charge on any atom is 0.323 e. The number of rotatable bonds is 6. The summed E-state index contributed by atoms with van der Waals surface area (Å²) < 4.78 is 15.9. The lowest BCUT2D eigenvalue weighted by atomic mass is 10.1. The summed E-state index contributed by atoms with van der Waals surface area (Å²) in [6, 6.07) is 10.9. The maximum absolute atomic E-state index is 12.4. The van der Waals surface area contributed by atoms with Gasteiger partial charge in [0.05, 0.1) is 27.0 Å². The summed E-state index contributed by atoms with van der Waals surface area (Å²) in [5.74, 6) is 1.43. The average Bonchev–Trinajstić information content (AvgIpc) is 2.74. The van der Waals surface area contributed by atoms with Crippen LogP contribution in [-0.4, -0.2) is 40.5 Å². The van der Waals surface area contributed by atoms with Gasteiger partial charge in [-0.3, -0.25) is 0 Å². The molecule has 28 heavy (non-hydrogen) atoms. The molecular weight excluding hydrogens is 358 g/mol. The Bertz CT molecular complexity index is 777. The molecule has 2 N–H and O–H groups in total. The molecule has 0 aliphatic carbocycles. The van der Waals surface area contributed by atoms with E-state index in [0.717, 1.165) is 18.8 Å². The van der Waals surface area contributed by atoms with E-state index >= 15 is 0 Å². The highest BCUT2D eigenvalue weighted by Gasteiger charge is 2.15. The molecule has 2 aromatic rings. The molecule has 2 amide bonds. The first kappa shape index (κ1) is 19.7. The van der Waals surface area contributed by atoms with E-state index < -0.39 is 0 Å². The minimum absolute atomic E-state index is 0.347. The van der Waals surface area contributed by atoms with Gasteiger partial charge in [-0.05, 0) is 43.5 Å². The van der Waals surface area contributed by atoms with E-state index in [1.165, 1.54) is 46.3 Å². The lowest BCUT2D eigenvalue weighted by molar-refractivity contribution is 0.262. The van der Waals surface area contributed by atoms with Crippen LogP contribution in [0.15, 0.2) is 36.4 Å².